The summed E-state index contributed by atoms with van der Waals surface area (Å²) in [6.45, 7) is 1.83. The molecule has 1 aromatic heterocycles. The van der Waals surface area contributed by atoms with Crippen molar-refractivity contribution in [3.8, 4) is 5.75 Å². The van der Waals surface area contributed by atoms with Crippen molar-refractivity contribution in [2.45, 2.75) is 24.1 Å². The third-order valence-electron chi connectivity index (χ3n) is 2.80. The third-order valence-corrected chi connectivity index (χ3v) is 4.22. The minimum absolute atomic E-state index is 0.224. The van der Waals surface area contributed by atoms with Crippen molar-refractivity contribution in [3.05, 3.63) is 24.0 Å². The monoisotopic (exact) mass is 224 g/mol. The largest absolute Gasteiger partial charge is 0.506 e. The predicted molar refractivity (Wildman–Crippen MR) is 63.1 cm³/mol. The lowest BCUT2D eigenvalue weighted by Crippen LogP contribution is -2.25. The van der Waals surface area contributed by atoms with E-state index in [-0.39, 0.29) is 5.75 Å². The van der Waals surface area contributed by atoms with Gasteiger partial charge in [0.1, 0.15) is 5.75 Å². The molecule has 0 bridgehead atoms. The lowest BCUT2D eigenvalue weighted by Gasteiger charge is -2.12. The molecule has 0 saturated heterocycles. The van der Waals surface area contributed by atoms with E-state index in [0.29, 0.717) is 4.75 Å². The summed E-state index contributed by atoms with van der Waals surface area (Å²) in [5.41, 5.74) is 0.977. The van der Waals surface area contributed by atoms with Crippen molar-refractivity contribution < 1.29 is 5.11 Å². The number of rotatable bonds is 5. The van der Waals surface area contributed by atoms with Gasteiger partial charge in [-0.1, -0.05) is 0 Å². The number of nitrogens with one attached hydrogen (secondary N) is 1. The molecule has 0 atom stereocenters. The van der Waals surface area contributed by atoms with Crippen LogP contribution in [-0.4, -0.2) is 27.6 Å². The Labute approximate surface area is 94.3 Å². The molecule has 0 spiro atoms. The normalized spacial score (nSPS) is 17.7. The van der Waals surface area contributed by atoms with Crippen LogP contribution in [0.25, 0.3) is 0 Å². The highest BCUT2D eigenvalue weighted by molar-refractivity contribution is 8.00. The molecule has 0 amide bonds. The maximum Gasteiger partial charge on any atom is 0.133 e. The Balaban J connectivity index is 1.76. The smallest absolute Gasteiger partial charge is 0.133 e. The van der Waals surface area contributed by atoms with Crippen LogP contribution in [0.2, 0.25) is 0 Å². The van der Waals surface area contributed by atoms with Crippen LogP contribution in [0.5, 0.6) is 5.75 Å². The number of hydrogen-bond donors (Lipinski definition) is 2. The van der Waals surface area contributed by atoms with E-state index in [1.54, 1.807) is 6.07 Å². The van der Waals surface area contributed by atoms with Gasteiger partial charge in [-0.3, -0.25) is 4.98 Å². The molecule has 0 aromatic carbocycles. The molecule has 1 heterocycles. The second-order valence-corrected chi connectivity index (χ2v) is 5.27. The lowest BCUT2D eigenvalue weighted by atomic mass is 10.3. The molecule has 15 heavy (non-hydrogen) atoms. The molecule has 1 fully saturated rings. The van der Waals surface area contributed by atoms with E-state index >= 15 is 0 Å². The Morgan fingerprint density at radius 2 is 2.33 bits per heavy atom. The van der Waals surface area contributed by atoms with Crippen LogP contribution in [0, 0.1) is 0 Å². The van der Waals surface area contributed by atoms with Gasteiger partial charge in [0.05, 0.1) is 11.9 Å². The Morgan fingerprint density at radius 3 is 2.87 bits per heavy atom. The van der Waals surface area contributed by atoms with Gasteiger partial charge in [-0.2, -0.15) is 11.8 Å². The Morgan fingerprint density at radius 1 is 1.53 bits per heavy atom. The molecular formula is C11H16N2OS. The summed E-state index contributed by atoms with van der Waals surface area (Å²) in [5, 5.41) is 12.5. The van der Waals surface area contributed by atoms with Crippen LogP contribution in [-0.2, 0) is 6.54 Å². The van der Waals surface area contributed by atoms with E-state index in [1.807, 2.05) is 17.8 Å². The van der Waals surface area contributed by atoms with Crippen LogP contribution in [0.15, 0.2) is 18.3 Å². The van der Waals surface area contributed by atoms with Crippen molar-refractivity contribution in [3.63, 3.8) is 0 Å². The van der Waals surface area contributed by atoms with E-state index in [4.69, 9.17) is 5.11 Å². The highest BCUT2D eigenvalue weighted by atomic mass is 32.2. The molecule has 0 aliphatic heterocycles. The maximum absolute atomic E-state index is 9.07. The Bertz CT molecular complexity index is 322. The van der Waals surface area contributed by atoms with Crippen molar-refractivity contribution in [1.29, 1.82) is 0 Å². The minimum Gasteiger partial charge on any atom is -0.506 e. The van der Waals surface area contributed by atoms with Crippen molar-refractivity contribution >= 4 is 11.8 Å². The van der Waals surface area contributed by atoms with Gasteiger partial charge in [0.15, 0.2) is 0 Å². The number of thioether (sulfide) groups is 1. The van der Waals surface area contributed by atoms with Gasteiger partial charge in [-0.25, -0.2) is 0 Å². The number of aromatic nitrogens is 1. The van der Waals surface area contributed by atoms with Gasteiger partial charge >= 0.3 is 0 Å². The van der Waals surface area contributed by atoms with Gasteiger partial charge in [0.2, 0.25) is 0 Å². The second kappa shape index (κ2) is 4.41. The molecule has 1 aromatic rings. The van der Waals surface area contributed by atoms with E-state index in [0.717, 1.165) is 18.8 Å². The van der Waals surface area contributed by atoms with Gasteiger partial charge < -0.3 is 10.4 Å². The predicted octanol–water partition coefficient (Wildman–Crippen LogP) is 1.77. The lowest BCUT2D eigenvalue weighted by molar-refractivity contribution is 0.471. The van der Waals surface area contributed by atoms with Crippen LogP contribution >= 0.6 is 11.8 Å². The summed E-state index contributed by atoms with van der Waals surface area (Å²) < 4.78 is 0.497. The van der Waals surface area contributed by atoms with Gasteiger partial charge in [0.25, 0.3) is 0 Å². The van der Waals surface area contributed by atoms with Gasteiger partial charge in [-0.15, -0.1) is 0 Å². The topological polar surface area (TPSA) is 45.1 Å². The zero-order chi connectivity index (χ0) is 10.7. The summed E-state index contributed by atoms with van der Waals surface area (Å²) in [5.74, 6) is 0.224. The van der Waals surface area contributed by atoms with Crippen LogP contribution in [0.4, 0.5) is 0 Å². The fourth-order valence-corrected chi connectivity index (χ4v) is 2.29. The van der Waals surface area contributed by atoms with E-state index in [2.05, 4.69) is 16.6 Å². The first-order valence-electron chi connectivity index (χ1n) is 5.14. The van der Waals surface area contributed by atoms with Crippen LogP contribution in [0.3, 0.4) is 0 Å². The average Bonchev–Trinajstić information content (AvgIpc) is 3.02. The first-order valence-corrected chi connectivity index (χ1v) is 6.36. The number of hydrogen-bond acceptors (Lipinski definition) is 4. The first-order chi connectivity index (χ1) is 7.24. The minimum atomic E-state index is 0.224. The summed E-state index contributed by atoms with van der Waals surface area (Å²) in [4.78, 5) is 4.12. The molecule has 3 nitrogen and oxygen atoms in total. The van der Waals surface area contributed by atoms with Crippen LogP contribution in [0.1, 0.15) is 18.5 Å². The SMILES string of the molecule is CSC1(CNCc2ccc(O)cn2)CC1. The molecule has 1 saturated carbocycles. The maximum atomic E-state index is 9.07. The second-order valence-electron chi connectivity index (χ2n) is 4.00. The molecule has 4 heteroatoms. The van der Waals surface area contributed by atoms with E-state index in [9.17, 15) is 0 Å². The molecule has 0 unspecified atom stereocenters. The molecule has 1 aliphatic rings. The van der Waals surface area contributed by atoms with Crippen molar-refractivity contribution in [1.82, 2.24) is 10.3 Å². The fourth-order valence-electron chi connectivity index (χ4n) is 1.53. The zero-order valence-electron chi connectivity index (χ0n) is 8.86. The number of pyridine rings is 1. The first kappa shape index (κ1) is 10.8. The van der Waals surface area contributed by atoms with Gasteiger partial charge in [0, 0.05) is 17.8 Å². The van der Waals surface area contributed by atoms with E-state index in [1.165, 1.54) is 19.0 Å². The third kappa shape index (κ3) is 2.86. The van der Waals surface area contributed by atoms with Crippen LogP contribution < -0.4 is 5.32 Å². The summed E-state index contributed by atoms with van der Waals surface area (Å²) in [6.07, 6.45) is 6.31. The fraction of sp³-hybridized carbons (Fsp3) is 0.545. The molecule has 0 radical (unpaired) electrons. The average molecular weight is 224 g/mol. The molecule has 82 valence electrons. The summed E-state index contributed by atoms with van der Waals surface area (Å²) >= 11 is 1.95. The zero-order valence-corrected chi connectivity index (χ0v) is 9.68. The van der Waals surface area contributed by atoms with E-state index < -0.39 is 0 Å². The van der Waals surface area contributed by atoms with Gasteiger partial charge in [-0.05, 0) is 31.2 Å². The molecule has 2 N–H and O–H groups in total. The summed E-state index contributed by atoms with van der Waals surface area (Å²) in [6, 6.07) is 3.52. The Kier molecular flexibility index (Phi) is 3.17. The quantitative estimate of drug-likeness (QED) is 0.800. The highest BCUT2D eigenvalue weighted by Crippen LogP contribution is 2.46. The summed E-state index contributed by atoms with van der Waals surface area (Å²) in [7, 11) is 0. The molecule has 1 aliphatic carbocycles. The highest BCUT2D eigenvalue weighted by Gasteiger charge is 2.41. The van der Waals surface area contributed by atoms with Crippen molar-refractivity contribution in [2.75, 3.05) is 12.8 Å². The standard InChI is InChI=1S/C11H16N2OS/c1-15-11(4-5-11)8-12-6-9-2-3-10(14)7-13-9/h2-3,7,12,14H,4-6,8H2,1H3. The molecule has 2 rings (SSSR count). The van der Waals surface area contributed by atoms with Crippen molar-refractivity contribution in [2.24, 2.45) is 0 Å². The molecular weight excluding hydrogens is 208 g/mol. The Hall–Kier alpha value is -0.740. The number of nitrogens with zero attached hydrogens (tertiary/aromatic N) is 1. The number of aromatic hydroxyl groups is 1.